The number of rotatable bonds is 0. The van der Waals surface area contributed by atoms with Crippen molar-refractivity contribution in [3.05, 3.63) is 28.2 Å². The van der Waals surface area contributed by atoms with E-state index in [0.29, 0.717) is 12.3 Å². The molecule has 0 saturated carbocycles. The number of halogens is 1. The number of benzene rings is 1. The van der Waals surface area contributed by atoms with E-state index in [0.717, 1.165) is 41.8 Å². The van der Waals surface area contributed by atoms with Gasteiger partial charge < -0.3 is 9.64 Å². The van der Waals surface area contributed by atoms with Crippen LogP contribution in [0.25, 0.3) is 0 Å². The quantitative estimate of drug-likeness (QED) is 0.736. The first-order chi connectivity index (χ1) is 9.16. The van der Waals surface area contributed by atoms with Gasteiger partial charge >= 0.3 is 0 Å². The first kappa shape index (κ1) is 11.9. The Morgan fingerprint density at radius 2 is 2.26 bits per heavy atom. The summed E-state index contributed by atoms with van der Waals surface area (Å²) < 4.78 is 7.29. The van der Waals surface area contributed by atoms with E-state index < -0.39 is 0 Å². The summed E-state index contributed by atoms with van der Waals surface area (Å²) in [5.74, 6) is 1.53. The highest BCUT2D eigenvalue weighted by atomic mass is 79.9. The van der Waals surface area contributed by atoms with E-state index in [4.69, 9.17) is 4.74 Å². The van der Waals surface area contributed by atoms with Crippen LogP contribution in [-0.4, -0.2) is 35.9 Å². The van der Waals surface area contributed by atoms with Gasteiger partial charge in [0, 0.05) is 29.9 Å². The molecule has 2 saturated heterocycles. The summed E-state index contributed by atoms with van der Waals surface area (Å²) in [6, 6.07) is 5.77. The molecule has 2 fully saturated rings. The Bertz CT molecular complexity index is 559. The van der Waals surface area contributed by atoms with Gasteiger partial charge in [-0.3, -0.25) is 4.79 Å². The standard InChI is InChI=1S/C15H16BrNO2/c16-11-1-2-14-12(7-11)13(18)8-15(19-14)4-6-17-5-3-10(15)9-17/h1-2,7,10H,3-6,8-9H2. The van der Waals surface area contributed by atoms with Crippen LogP contribution in [0.2, 0.25) is 0 Å². The molecule has 1 spiro atoms. The molecule has 3 unspecified atom stereocenters. The Labute approximate surface area is 121 Å². The average Bonchev–Trinajstić information content (AvgIpc) is 2.81. The fourth-order valence-corrected chi connectivity index (χ4v) is 4.18. The number of nitrogens with zero attached hydrogens (tertiary/aromatic N) is 1. The lowest BCUT2D eigenvalue weighted by Gasteiger charge is -2.45. The van der Waals surface area contributed by atoms with Crippen molar-refractivity contribution in [2.45, 2.75) is 24.9 Å². The van der Waals surface area contributed by atoms with Crippen molar-refractivity contribution in [2.24, 2.45) is 5.92 Å². The van der Waals surface area contributed by atoms with E-state index in [9.17, 15) is 4.79 Å². The molecule has 0 amide bonds. The monoisotopic (exact) mass is 321 g/mol. The Hall–Kier alpha value is -0.870. The van der Waals surface area contributed by atoms with E-state index in [1.165, 1.54) is 6.42 Å². The number of carbonyl (C=O) groups excluding carboxylic acids is 1. The first-order valence-electron chi connectivity index (χ1n) is 6.90. The maximum atomic E-state index is 12.5. The number of Topliss-reactive ketones (excluding diaryl/α,β-unsaturated/α-hetero) is 1. The van der Waals surface area contributed by atoms with Gasteiger partial charge in [0.1, 0.15) is 11.4 Å². The van der Waals surface area contributed by atoms with Crippen LogP contribution in [0.1, 0.15) is 29.6 Å². The van der Waals surface area contributed by atoms with Crippen molar-refractivity contribution in [1.29, 1.82) is 0 Å². The minimum atomic E-state index is -0.231. The Balaban J connectivity index is 1.74. The molecule has 3 atom stereocenters. The fraction of sp³-hybridized carbons (Fsp3) is 0.533. The van der Waals surface area contributed by atoms with Gasteiger partial charge in [0.2, 0.25) is 0 Å². The second-order valence-corrected chi connectivity index (χ2v) is 6.86. The smallest absolute Gasteiger partial charge is 0.170 e. The number of hydrogen-bond donors (Lipinski definition) is 0. The van der Waals surface area contributed by atoms with Crippen LogP contribution in [0, 0.1) is 5.92 Å². The molecule has 19 heavy (non-hydrogen) atoms. The Morgan fingerprint density at radius 3 is 3.16 bits per heavy atom. The van der Waals surface area contributed by atoms with Crippen LogP contribution >= 0.6 is 15.9 Å². The topological polar surface area (TPSA) is 29.5 Å². The number of hydrogen-bond acceptors (Lipinski definition) is 3. The van der Waals surface area contributed by atoms with Crippen molar-refractivity contribution < 1.29 is 9.53 Å². The summed E-state index contributed by atoms with van der Waals surface area (Å²) in [6.07, 6.45) is 2.70. The SMILES string of the molecule is O=C1CC2(CCN3CCC2C3)Oc2ccc(Br)cc21. The fourth-order valence-electron chi connectivity index (χ4n) is 3.81. The van der Waals surface area contributed by atoms with E-state index >= 15 is 0 Å². The third-order valence-electron chi connectivity index (χ3n) is 4.88. The summed E-state index contributed by atoms with van der Waals surface area (Å²) in [5.41, 5.74) is 0.505. The van der Waals surface area contributed by atoms with E-state index in [-0.39, 0.29) is 11.4 Å². The number of fused-ring (bicyclic) bond motifs is 4. The predicted molar refractivity (Wildman–Crippen MR) is 75.6 cm³/mol. The highest BCUT2D eigenvalue weighted by Crippen LogP contribution is 2.46. The molecule has 4 heteroatoms. The Kier molecular flexibility index (Phi) is 2.55. The van der Waals surface area contributed by atoms with Gasteiger partial charge in [-0.2, -0.15) is 0 Å². The minimum Gasteiger partial charge on any atom is -0.486 e. The highest BCUT2D eigenvalue weighted by Gasteiger charge is 2.51. The maximum Gasteiger partial charge on any atom is 0.170 e. The number of ether oxygens (including phenoxy) is 1. The van der Waals surface area contributed by atoms with Gasteiger partial charge in [-0.15, -0.1) is 0 Å². The summed E-state index contributed by atoms with van der Waals surface area (Å²) >= 11 is 3.42. The van der Waals surface area contributed by atoms with Crippen molar-refractivity contribution in [3.63, 3.8) is 0 Å². The zero-order valence-corrected chi connectivity index (χ0v) is 12.3. The van der Waals surface area contributed by atoms with Gasteiger partial charge in [0.25, 0.3) is 0 Å². The molecular formula is C15H16BrNO2. The molecule has 4 rings (SSSR count). The van der Waals surface area contributed by atoms with Gasteiger partial charge in [-0.05, 0) is 31.2 Å². The second-order valence-electron chi connectivity index (χ2n) is 5.94. The summed E-state index contributed by atoms with van der Waals surface area (Å²) in [6.45, 7) is 3.33. The number of piperidine rings is 1. The maximum absolute atomic E-state index is 12.5. The van der Waals surface area contributed by atoms with E-state index in [1.807, 2.05) is 18.2 Å². The molecule has 0 radical (unpaired) electrons. The minimum absolute atomic E-state index is 0.231. The molecule has 0 N–H and O–H groups in total. The van der Waals surface area contributed by atoms with Crippen molar-refractivity contribution in [3.8, 4) is 5.75 Å². The van der Waals surface area contributed by atoms with Crippen LogP contribution in [0.5, 0.6) is 5.75 Å². The Morgan fingerprint density at radius 1 is 1.37 bits per heavy atom. The molecule has 1 aromatic carbocycles. The van der Waals surface area contributed by atoms with Crippen molar-refractivity contribution in [1.82, 2.24) is 4.90 Å². The van der Waals surface area contributed by atoms with Crippen LogP contribution in [-0.2, 0) is 0 Å². The van der Waals surface area contributed by atoms with Crippen molar-refractivity contribution in [2.75, 3.05) is 19.6 Å². The van der Waals surface area contributed by atoms with Gasteiger partial charge in [0.15, 0.2) is 5.78 Å². The van der Waals surface area contributed by atoms with Gasteiger partial charge in [-0.25, -0.2) is 0 Å². The van der Waals surface area contributed by atoms with Gasteiger partial charge in [-0.1, -0.05) is 15.9 Å². The summed E-state index contributed by atoms with van der Waals surface area (Å²) in [5, 5.41) is 0. The average molecular weight is 322 g/mol. The normalized spacial score (nSPS) is 36.2. The highest BCUT2D eigenvalue weighted by molar-refractivity contribution is 9.10. The second kappa shape index (κ2) is 4.06. The molecule has 3 aliphatic rings. The number of ketones is 1. The lowest BCUT2D eigenvalue weighted by Crippen LogP contribution is -2.53. The lowest BCUT2D eigenvalue weighted by atomic mass is 9.76. The lowest BCUT2D eigenvalue weighted by molar-refractivity contribution is -0.0294. The molecule has 2 bridgehead atoms. The molecule has 0 aliphatic carbocycles. The molecular weight excluding hydrogens is 306 g/mol. The summed E-state index contributed by atoms with van der Waals surface area (Å²) in [4.78, 5) is 15.0. The zero-order valence-electron chi connectivity index (χ0n) is 10.7. The van der Waals surface area contributed by atoms with Crippen LogP contribution < -0.4 is 4.74 Å². The van der Waals surface area contributed by atoms with Crippen molar-refractivity contribution >= 4 is 21.7 Å². The van der Waals surface area contributed by atoms with Crippen LogP contribution in [0.4, 0.5) is 0 Å². The largest absolute Gasteiger partial charge is 0.486 e. The third kappa shape index (κ3) is 1.77. The molecule has 3 aliphatic heterocycles. The van der Waals surface area contributed by atoms with Crippen LogP contribution in [0.15, 0.2) is 22.7 Å². The molecule has 0 aromatic heterocycles. The molecule has 3 heterocycles. The molecule has 100 valence electrons. The van der Waals surface area contributed by atoms with E-state index in [2.05, 4.69) is 20.8 Å². The van der Waals surface area contributed by atoms with Gasteiger partial charge in [0.05, 0.1) is 12.0 Å². The molecule has 3 nitrogen and oxygen atoms in total. The number of carbonyl (C=O) groups is 1. The predicted octanol–water partition coefficient (Wildman–Crippen LogP) is 2.88. The van der Waals surface area contributed by atoms with Crippen LogP contribution in [0.3, 0.4) is 0 Å². The molecule has 1 aromatic rings. The zero-order chi connectivity index (χ0) is 13.0. The van der Waals surface area contributed by atoms with E-state index in [1.54, 1.807) is 0 Å². The third-order valence-corrected chi connectivity index (χ3v) is 5.38. The summed E-state index contributed by atoms with van der Waals surface area (Å²) in [7, 11) is 0. The first-order valence-corrected chi connectivity index (χ1v) is 7.70.